The number of rotatable bonds is 8. The SMILES string of the molecule is CC(CC1CCC1)N(CCCC(=O)O)c1ccccc1. The van der Waals surface area contributed by atoms with E-state index in [1.54, 1.807) is 0 Å². The van der Waals surface area contributed by atoms with Crippen molar-refractivity contribution >= 4 is 11.7 Å². The molecule has 1 aromatic rings. The Kier molecular flexibility index (Phi) is 5.45. The van der Waals surface area contributed by atoms with E-state index in [1.807, 2.05) is 6.07 Å². The van der Waals surface area contributed by atoms with Crippen LogP contribution in [0.3, 0.4) is 0 Å². The summed E-state index contributed by atoms with van der Waals surface area (Å²) in [7, 11) is 0. The number of aliphatic carboxylic acids is 1. The molecule has 1 aliphatic carbocycles. The fourth-order valence-corrected chi connectivity index (χ4v) is 2.96. The first-order valence-corrected chi connectivity index (χ1v) is 7.70. The average molecular weight is 275 g/mol. The quantitative estimate of drug-likeness (QED) is 0.781. The highest BCUT2D eigenvalue weighted by molar-refractivity contribution is 5.66. The molecule has 3 heteroatoms. The highest BCUT2D eigenvalue weighted by atomic mass is 16.4. The molecule has 1 atom stereocenters. The number of nitrogens with zero attached hydrogens (tertiary/aromatic N) is 1. The number of carboxylic acid groups (broad SMARTS) is 1. The lowest BCUT2D eigenvalue weighted by atomic mass is 9.81. The van der Waals surface area contributed by atoms with Crippen molar-refractivity contribution in [2.75, 3.05) is 11.4 Å². The van der Waals surface area contributed by atoms with Crippen molar-refractivity contribution in [3.8, 4) is 0 Å². The standard InChI is InChI=1S/C17H25NO2/c1-14(13-15-7-5-8-15)18(12-6-11-17(19)20)16-9-3-2-4-10-16/h2-4,9-10,14-15H,5-8,11-13H2,1H3,(H,19,20). The number of hydrogen-bond donors (Lipinski definition) is 1. The third-order valence-electron chi connectivity index (χ3n) is 4.31. The largest absolute Gasteiger partial charge is 0.481 e. The van der Waals surface area contributed by atoms with Crippen molar-refractivity contribution in [2.45, 2.75) is 51.5 Å². The summed E-state index contributed by atoms with van der Waals surface area (Å²) in [6.45, 7) is 3.09. The minimum Gasteiger partial charge on any atom is -0.481 e. The molecule has 2 rings (SSSR count). The van der Waals surface area contributed by atoms with Crippen molar-refractivity contribution in [2.24, 2.45) is 5.92 Å². The Hall–Kier alpha value is -1.51. The van der Waals surface area contributed by atoms with E-state index in [0.29, 0.717) is 12.5 Å². The highest BCUT2D eigenvalue weighted by Gasteiger charge is 2.23. The molecule has 0 heterocycles. The van der Waals surface area contributed by atoms with Gasteiger partial charge in [-0.3, -0.25) is 4.79 Å². The van der Waals surface area contributed by atoms with Gasteiger partial charge in [0.1, 0.15) is 0 Å². The van der Waals surface area contributed by atoms with Crippen molar-refractivity contribution in [1.29, 1.82) is 0 Å². The molecule has 1 N–H and O–H groups in total. The van der Waals surface area contributed by atoms with Crippen LogP contribution in [0.4, 0.5) is 5.69 Å². The Labute approximate surface area is 121 Å². The molecule has 1 aliphatic rings. The van der Waals surface area contributed by atoms with Gasteiger partial charge in [-0.2, -0.15) is 0 Å². The molecule has 0 bridgehead atoms. The molecule has 1 saturated carbocycles. The summed E-state index contributed by atoms with van der Waals surface area (Å²) < 4.78 is 0. The predicted octanol–water partition coefficient (Wildman–Crippen LogP) is 3.94. The molecule has 110 valence electrons. The fourth-order valence-electron chi connectivity index (χ4n) is 2.96. The molecule has 0 amide bonds. The molecule has 0 aromatic heterocycles. The van der Waals surface area contributed by atoms with E-state index in [-0.39, 0.29) is 6.42 Å². The van der Waals surface area contributed by atoms with Crippen LogP contribution < -0.4 is 4.90 Å². The Morgan fingerprint density at radius 1 is 1.35 bits per heavy atom. The van der Waals surface area contributed by atoms with Crippen LogP contribution in [0.2, 0.25) is 0 Å². The molecule has 0 saturated heterocycles. The monoisotopic (exact) mass is 275 g/mol. The topological polar surface area (TPSA) is 40.5 Å². The van der Waals surface area contributed by atoms with E-state index in [2.05, 4.69) is 36.1 Å². The van der Waals surface area contributed by atoms with Crippen LogP contribution in [-0.4, -0.2) is 23.7 Å². The van der Waals surface area contributed by atoms with Crippen molar-refractivity contribution in [3.05, 3.63) is 30.3 Å². The summed E-state index contributed by atoms with van der Waals surface area (Å²) in [6.07, 6.45) is 6.28. The number of benzene rings is 1. The maximum atomic E-state index is 10.7. The third-order valence-corrected chi connectivity index (χ3v) is 4.31. The van der Waals surface area contributed by atoms with Gasteiger partial charge < -0.3 is 10.0 Å². The number of para-hydroxylation sites is 1. The van der Waals surface area contributed by atoms with Crippen LogP contribution in [0.5, 0.6) is 0 Å². The van der Waals surface area contributed by atoms with Gasteiger partial charge in [0, 0.05) is 24.7 Å². The second-order valence-electron chi connectivity index (χ2n) is 5.91. The molecule has 1 fully saturated rings. The van der Waals surface area contributed by atoms with E-state index in [0.717, 1.165) is 12.5 Å². The lowest BCUT2D eigenvalue weighted by Gasteiger charge is -2.36. The van der Waals surface area contributed by atoms with Crippen molar-refractivity contribution in [3.63, 3.8) is 0 Å². The molecule has 3 nitrogen and oxygen atoms in total. The van der Waals surface area contributed by atoms with Gasteiger partial charge >= 0.3 is 5.97 Å². The summed E-state index contributed by atoms with van der Waals surface area (Å²) >= 11 is 0. The highest BCUT2D eigenvalue weighted by Crippen LogP contribution is 2.32. The summed E-state index contributed by atoms with van der Waals surface area (Å²) in [5, 5.41) is 8.81. The molecular formula is C17H25NO2. The van der Waals surface area contributed by atoms with Crippen LogP contribution in [0.25, 0.3) is 0 Å². The van der Waals surface area contributed by atoms with Gasteiger partial charge in [-0.15, -0.1) is 0 Å². The van der Waals surface area contributed by atoms with Crippen LogP contribution >= 0.6 is 0 Å². The van der Waals surface area contributed by atoms with Gasteiger partial charge in [-0.05, 0) is 37.8 Å². The minimum absolute atomic E-state index is 0.249. The summed E-state index contributed by atoms with van der Waals surface area (Å²) in [4.78, 5) is 13.1. The van der Waals surface area contributed by atoms with E-state index < -0.39 is 5.97 Å². The zero-order chi connectivity index (χ0) is 14.4. The zero-order valence-electron chi connectivity index (χ0n) is 12.3. The third kappa shape index (κ3) is 4.26. The van der Waals surface area contributed by atoms with Gasteiger partial charge in [0.05, 0.1) is 0 Å². The average Bonchev–Trinajstić information content (AvgIpc) is 2.39. The van der Waals surface area contributed by atoms with Gasteiger partial charge in [-0.25, -0.2) is 0 Å². The second-order valence-corrected chi connectivity index (χ2v) is 5.91. The number of hydrogen-bond acceptors (Lipinski definition) is 2. The summed E-state index contributed by atoms with van der Waals surface area (Å²) in [5.74, 6) is 0.167. The van der Waals surface area contributed by atoms with Crippen LogP contribution in [0.1, 0.15) is 45.4 Å². The lowest BCUT2D eigenvalue weighted by Crippen LogP contribution is -2.36. The molecular weight excluding hydrogens is 250 g/mol. The van der Waals surface area contributed by atoms with E-state index in [1.165, 1.54) is 31.4 Å². The van der Waals surface area contributed by atoms with Crippen LogP contribution in [0.15, 0.2) is 30.3 Å². The summed E-state index contributed by atoms with van der Waals surface area (Å²) in [5.41, 5.74) is 1.21. The second kappa shape index (κ2) is 7.32. The van der Waals surface area contributed by atoms with Gasteiger partial charge in [0.25, 0.3) is 0 Å². The van der Waals surface area contributed by atoms with Crippen molar-refractivity contribution < 1.29 is 9.90 Å². The molecule has 0 radical (unpaired) electrons. The first-order chi connectivity index (χ1) is 9.66. The normalized spacial score (nSPS) is 16.4. The number of carboxylic acids is 1. The van der Waals surface area contributed by atoms with Crippen LogP contribution in [-0.2, 0) is 4.79 Å². The number of carbonyl (C=O) groups is 1. The Morgan fingerprint density at radius 2 is 2.05 bits per heavy atom. The predicted molar refractivity (Wildman–Crippen MR) is 82.1 cm³/mol. The van der Waals surface area contributed by atoms with E-state index >= 15 is 0 Å². The Bertz CT molecular complexity index is 414. The maximum Gasteiger partial charge on any atom is 0.303 e. The lowest BCUT2D eigenvalue weighted by molar-refractivity contribution is -0.137. The molecule has 0 aliphatic heterocycles. The summed E-state index contributed by atoms with van der Waals surface area (Å²) in [6, 6.07) is 10.9. The molecule has 20 heavy (non-hydrogen) atoms. The number of anilines is 1. The smallest absolute Gasteiger partial charge is 0.303 e. The van der Waals surface area contributed by atoms with Gasteiger partial charge in [0.2, 0.25) is 0 Å². The zero-order valence-corrected chi connectivity index (χ0v) is 12.3. The van der Waals surface area contributed by atoms with Crippen molar-refractivity contribution in [1.82, 2.24) is 0 Å². The maximum absolute atomic E-state index is 10.7. The van der Waals surface area contributed by atoms with E-state index in [9.17, 15) is 4.79 Å². The minimum atomic E-state index is -0.704. The van der Waals surface area contributed by atoms with E-state index in [4.69, 9.17) is 5.11 Å². The Morgan fingerprint density at radius 3 is 2.60 bits per heavy atom. The van der Waals surface area contributed by atoms with Gasteiger partial charge in [0.15, 0.2) is 0 Å². The van der Waals surface area contributed by atoms with Crippen LogP contribution in [0, 0.1) is 5.92 Å². The fraction of sp³-hybridized carbons (Fsp3) is 0.588. The first-order valence-electron chi connectivity index (χ1n) is 7.70. The Balaban J connectivity index is 1.96. The molecule has 0 spiro atoms. The first kappa shape index (κ1) is 14.9. The molecule has 1 aromatic carbocycles. The van der Waals surface area contributed by atoms with Gasteiger partial charge in [-0.1, -0.05) is 37.5 Å². The molecule has 1 unspecified atom stereocenters.